The van der Waals surface area contributed by atoms with Gasteiger partial charge in [0.25, 0.3) is 0 Å². The quantitative estimate of drug-likeness (QED) is 0.785. The maximum absolute atomic E-state index is 5.93. The second-order valence-electron chi connectivity index (χ2n) is 9.38. The number of fused-ring (bicyclic) bond motifs is 1. The molecule has 3 fully saturated rings. The first-order valence-corrected chi connectivity index (χ1v) is 10.3. The summed E-state index contributed by atoms with van der Waals surface area (Å²) in [6, 6.07) is 3.83. The number of rotatable bonds is 5. The Morgan fingerprint density at radius 2 is 2.04 bits per heavy atom. The molecule has 0 unspecified atom stereocenters. The lowest BCUT2D eigenvalue weighted by atomic mass is 9.48. The van der Waals surface area contributed by atoms with Gasteiger partial charge < -0.3 is 9.15 Å². The third-order valence-corrected chi connectivity index (χ3v) is 6.85. The second-order valence-corrected chi connectivity index (χ2v) is 9.38. The summed E-state index contributed by atoms with van der Waals surface area (Å²) in [4.78, 5) is 9.24. The first-order chi connectivity index (χ1) is 13.5. The predicted molar refractivity (Wildman–Crippen MR) is 104 cm³/mol. The molecule has 3 aliphatic rings. The number of hydrogen-bond acceptors (Lipinski definition) is 7. The lowest BCUT2D eigenvalue weighted by Gasteiger charge is -2.58. The van der Waals surface area contributed by atoms with Gasteiger partial charge >= 0.3 is 0 Å². The van der Waals surface area contributed by atoms with Crippen LogP contribution in [-0.2, 0) is 11.3 Å². The van der Waals surface area contributed by atoms with E-state index in [1.165, 1.54) is 13.0 Å². The average Bonchev–Trinajstić information content (AvgIpc) is 3.27. The summed E-state index contributed by atoms with van der Waals surface area (Å²) in [5.74, 6) is 1.97. The van der Waals surface area contributed by atoms with Crippen molar-refractivity contribution in [1.29, 1.82) is 0 Å². The fourth-order valence-electron chi connectivity index (χ4n) is 5.88. The van der Waals surface area contributed by atoms with Crippen LogP contribution in [0.15, 0.2) is 28.9 Å². The van der Waals surface area contributed by atoms with Crippen molar-refractivity contribution in [2.45, 2.75) is 26.8 Å². The summed E-state index contributed by atoms with van der Waals surface area (Å²) in [7, 11) is 0. The van der Waals surface area contributed by atoms with E-state index < -0.39 is 0 Å². The van der Waals surface area contributed by atoms with Crippen LogP contribution in [0.5, 0.6) is 0 Å². The number of hydrogen-bond donors (Lipinski definition) is 0. The van der Waals surface area contributed by atoms with Crippen LogP contribution in [0.3, 0.4) is 0 Å². The zero-order chi connectivity index (χ0) is 19.2. The Morgan fingerprint density at radius 1 is 1.18 bits per heavy atom. The van der Waals surface area contributed by atoms with Gasteiger partial charge in [0, 0.05) is 50.5 Å². The molecule has 7 nitrogen and oxygen atoms in total. The number of morpholine rings is 1. The van der Waals surface area contributed by atoms with Gasteiger partial charge in [-0.2, -0.15) is 0 Å². The van der Waals surface area contributed by atoms with Crippen LogP contribution in [0.4, 0.5) is 0 Å². The average molecular weight is 383 g/mol. The highest BCUT2D eigenvalue weighted by Crippen LogP contribution is 2.63. The zero-order valence-corrected chi connectivity index (χ0v) is 16.8. The largest absolute Gasteiger partial charge is 0.419 e. The van der Waals surface area contributed by atoms with E-state index in [0.717, 1.165) is 57.4 Å². The van der Waals surface area contributed by atoms with E-state index in [1.807, 2.05) is 12.1 Å². The fraction of sp³-hybridized carbons (Fsp3) is 0.667. The Kier molecular flexibility index (Phi) is 4.49. The van der Waals surface area contributed by atoms with Crippen molar-refractivity contribution >= 4 is 0 Å². The Hall–Kier alpha value is -1.83. The number of aromatic nitrogens is 3. The van der Waals surface area contributed by atoms with E-state index in [2.05, 4.69) is 38.8 Å². The van der Waals surface area contributed by atoms with Gasteiger partial charge in [0.1, 0.15) is 0 Å². The van der Waals surface area contributed by atoms with Gasteiger partial charge in [-0.1, -0.05) is 13.8 Å². The molecule has 2 aromatic heterocycles. The molecule has 7 heteroatoms. The van der Waals surface area contributed by atoms with Gasteiger partial charge in [-0.15, -0.1) is 10.2 Å². The van der Waals surface area contributed by atoms with E-state index in [9.17, 15) is 0 Å². The molecule has 2 aromatic rings. The first kappa shape index (κ1) is 18.2. The molecule has 0 amide bonds. The molecule has 28 heavy (non-hydrogen) atoms. The smallest absolute Gasteiger partial charge is 0.249 e. The van der Waals surface area contributed by atoms with E-state index >= 15 is 0 Å². The third kappa shape index (κ3) is 3.25. The van der Waals surface area contributed by atoms with Gasteiger partial charge in [-0.05, 0) is 29.9 Å². The molecular formula is C21H29N5O2. The molecule has 0 spiro atoms. The van der Waals surface area contributed by atoms with Crippen molar-refractivity contribution in [3.63, 3.8) is 0 Å². The highest BCUT2D eigenvalue weighted by Gasteiger charge is 2.62. The third-order valence-electron chi connectivity index (χ3n) is 6.85. The van der Waals surface area contributed by atoms with Gasteiger partial charge in [-0.25, -0.2) is 0 Å². The number of pyridine rings is 1. The number of likely N-dealkylation sites (tertiary alicyclic amines) is 1. The van der Waals surface area contributed by atoms with Crippen molar-refractivity contribution in [1.82, 2.24) is 25.0 Å². The molecule has 150 valence electrons. The van der Waals surface area contributed by atoms with Crippen molar-refractivity contribution in [3.05, 3.63) is 30.4 Å². The Balaban J connectivity index is 1.28. The summed E-state index contributed by atoms with van der Waals surface area (Å²) in [6.07, 6.45) is 4.80. The molecule has 0 aromatic carbocycles. The van der Waals surface area contributed by atoms with Crippen LogP contribution in [0, 0.1) is 16.7 Å². The van der Waals surface area contributed by atoms with Crippen molar-refractivity contribution in [2.75, 3.05) is 45.9 Å². The van der Waals surface area contributed by atoms with Crippen molar-refractivity contribution in [2.24, 2.45) is 16.7 Å². The minimum Gasteiger partial charge on any atom is -0.419 e. The number of ether oxygens (including phenoxy) is 1. The summed E-state index contributed by atoms with van der Waals surface area (Å²) in [5, 5.41) is 8.50. The summed E-state index contributed by atoms with van der Waals surface area (Å²) < 4.78 is 11.5. The standard InChI is InChI=1S/C21H29N5O2/c1-20(2)13-21(14-25-6-8-27-9-7-25)15-26(11-17(20)21)12-18-23-24-19(28-18)16-4-3-5-22-10-16/h3-5,10,17H,6-9,11-15H2,1-2H3/t17-,21+/m1/s1. The normalized spacial score (nSPS) is 30.1. The Bertz CT molecular complexity index is 817. The minimum absolute atomic E-state index is 0.396. The monoisotopic (exact) mass is 383 g/mol. The van der Waals surface area contributed by atoms with Crippen molar-refractivity contribution < 1.29 is 9.15 Å². The molecule has 2 aliphatic heterocycles. The topological polar surface area (TPSA) is 67.5 Å². The molecule has 2 saturated heterocycles. The minimum atomic E-state index is 0.396. The van der Waals surface area contributed by atoms with Gasteiger partial charge in [0.2, 0.25) is 11.8 Å². The lowest BCUT2D eigenvalue weighted by Crippen LogP contribution is -2.59. The maximum atomic E-state index is 5.93. The highest BCUT2D eigenvalue weighted by atomic mass is 16.5. The lowest BCUT2D eigenvalue weighted by molar-refractivity contribution is -0.0967. The first-order valence-electron chi connectivity index (χ1n) is 10.3. The molecular weight excluding hydrogens is 354 g/mol. The highest BCUT2D eigenvalue weighted by molar-refractivity contribution is 5.49. The Morgan fingerprint density at radius 3 is 2.79 bits per heavy atom. The van der Waals surface area contributed by atoms with Crippen LogP contribution in [0.2, 0.25) is 0 Å². The van der Waals surface area contributed by atoms with Gasteiger partial charge in [-0.3, -0.25) is 14.8 Å². The molecule has 1 aliphatic carbocycles. The van der Waals surface area contributed by atoms with E-state index in [-0.39, 0.29) is 0 Å². The summed E-state index contributed by atoms with van der Waals surface area (Å²) in [5.41, 5.74) is 1.68. The van der Waals surface area contributed by atoms with Crippen LogP contribution in [0.1, 0.15) is 26.2 Å². The Labute approximate surface area is 166 Å². The van der Waals surface area contributed by atoms with Gasteiger partial charge in [0.05, 0.1) is 25.3 Å². The van der Waals surface area contributed by atoms with E-state index in [4.69, 9.17) is 9.15 Å². The van der Waals surface area contributed by atoms with Crippen molar-refractivity contribution in [3.8, 4) is 11.5 Å². The van der Waals surface area contributed by atoms with Crippen LogP contribution < -0.4 is 0 Å². The van der Waals surface area contributed by atoms with Crippen LogP contribution in [-0.4, -0.2) is 70.9 Å². The molecule has 0 radical (unpaired) electrons. The zero-order valence-electron chi connectivity index (χ0n) is 16.8. The molecule has 2 atom stereocenters. The fourth-order valence-corrected chi connectivity index (χ4v) is 5.88. The molecule has 4 heterocycles. The van der Waals surface area contributed by atoms with Crippen LogP contribution >= 0.6 is 0 Å². The molecule has 0 N–H and O–H groups in total. The SMILES string of the molecule is CC1(C)C[C@]2(CN3CCOCC3)CN(Cc3nnc(-c4cccnc4)o3)C[C@H]12. The summed E-state index contributed by atoms with van der Waals surface area (Å²) in [6.45, 7) is 12.8. The van der Waals surface area contributed by atoms with E-state index in [0.29, 0.717) is 22.6 Å². The second kappa shape index (κ2) is 6.90. The molecule has 0 bridgehead atoms. The summed E-state index contributed by atoms with van der Waals surface area (Å²) >= 11 is 0. The predicted octanol–water partition coefficient (Wildman–Crippen LogP) is 2.31. The van der Waals surface area contributed by atoms with Crippen LogP contribution in [0.25, 0.3) is 11.5 Å². The maximum Gasteiger partial charge on any atom is 0.249 e. The number of nitrogens with zero attached hydrogens (tertiary/aromatic N) is 5. The van der Waals surface area contributed by atoms with E-state index in [1.54, 1.807) is 12.4 Å². The molecule has 5 rings (SSSR count). The van der Waals surface area contributed by atoms with Gasteiger partial charge in [0.15, 0.2) is 0 Å². The molecule has 1 saturated carbocycles.